The van der Waals surface area contributed by atoms with Crippen LogP contribution in [0.25, 0.3) is 5.52 Å². The van der Waals surface area contributed by atoms with Gasteiger partial charge in [-0.15, -0.1) is 0 Å². The van der Waals surface area contributed by atoms with Crippen LogP contribution in [0, 0.1) is 18.6 Å². The lowest BCUT2D eigenvalue weighted by Crippen LogP contribution is -2.50. The van der Waals surface area contributed by atoms with Crippen molar-refractivity contribution in [2.75, 3.05) is 18.0 Å². The van der Waals surface area contributed by atoms with E-state index in [2.05, 4.69) is 29.1 Å². The third-order valence-electron chi connectivity index (χ3n) is 7.23. The number of carbonyl (C=O) groups excluding carboxylic acids is 1. The number of benzene rings is 1. The number of piperidine rings is 1. The molecule has 3 aliphatic heterocycles. The topological polar surface area (TPSA) is 50.1 Å². The van der Waals surface area contributed by atoms with Crippen LogP contribution in [-0.2, 0) is 9.53 Å². The lowest BCUT2D eigenvalue weighted by atomic mass is 9.89. The molecule has 0 radical (unpaired) electrons. The highest BCUT2D eigenvalue weighted by Crippen LogP contribution is 2.48. The molecule has 3 aliphatic rings. The van der Waals surface area contributed by atoms with Gasteiger partial charge in [0, 0.05) is 32.0 Å². The van der Waals surface area contributed by atoms with E-state index in [1.165, 1.54) is 12.1 Å². The van der Waals surface area contributed by atoms with Crippen LogP contribution < -0.4 is 4.90 Å². The maximum absolute atomic E-state index is 13.8. The molecule has 1 aromatic carbocycles. The molecule has 0 unspecified atom stereocenters. The van der Waals surface area contributed by atoms with Crippen molar-refractivity contribution in [3.8, 4) is 0 Å². The number of rotatable bonds is 2. The summed E-state index contributed by atoms with van der Waals surface area (Å²) in [7, 11) is 0. The predicted octanol–water partition coefficient (Wildman–Crippen LogP) is 3.98. The van der Waals surface area contributed by atoms with Crippen molar-refractivity contribution in [2.45, 2.75) is 50.5 Å². The summed E-state index contributed by atoms with van der Waals surface area (Å²) in [5.41, 5.74) is 1.87. The molecule has 8 heteroatoms. The number of halogens is 2. The van der Waals surface area contributed by atoms with E-state index in [4.69, 9.17) is 4.74 Å². The van der Waals surface area contributed by atoms with Crippen molar-refractivity contribution in [2.24, 2.45) is 0 Å². The highest BCUT2D eigenvalue weighted by Gasteiger charge is 2.58. The van der Waals surface area contributed by atoms with E-state index in [-0.39, 0.29) is 18.2 Å². The van der Waals surface area contributed by atoms with Crippen molar-refractivity contribution in [3.63, 3.8) is 0 Å². The Bertz CT molecular complexity index is 1200. The standard InChI is InChI=1S/C24H24F2N4O2/c1-15-2-4-21(30-19(15)6-9-27-30)28-10-7-24(8-11-28)23(31)29-20(3-5-22(29)32-24)16-12-17(25)14-18(26)13-16/h2,4,6,9,12-14,20,22H,3,5,7-8,10-11H2,1H3/t20-,22+/m0/s1. The maximum Gasteiger partial charge on any atom is 0.257 e. The second-order valence-corrected chi connectivity index (χ2v) is 9.06. The lowest BCUT2D eigenvalue weighted by Gasteiger charge is -2.38. The third kappa shape index (κ3) is 2.85. The zero-order valence-electron chi connectivity index (χ0n) is 17.8. The van der Waals surface area contributed by atoms with Gasteiger partial charge in [0.1, 0.15) is 23.7 Å². The molecule has 6 rings (SSSR count). The van der Waals surface area contributed by atoms with Crippen LogP contribution in [0.3, 0.4) is 0 Å². The van der Waals surface area contributed by atoms with Gasteiger partial charge in [-0.25, -0.2) is 13.3 Å². The van der Waals surface area contributed by atoms with E-state index in [0.29, 0.717) is 44.3 Å². The number of fused-ring (bicyclic) bond motifs is 2. The third-order valence-corrected chi connectivity index (χ3v) is 7.23. The molecule has 3 aromatic rings. The SMILES string of the molecule is Cc1ccc(N2CCC3(CC2)O[C@@H]2CC[C@@H](c4cc(F)cc(F)c4)N2C3=O)n2nccc12. The molecule has 1 spiro atoms. The van der Waals surface area contributed by atoms with Crippen molar-refractivity contribution in [3.05, 3.63) is 65.4 Å². The van der Waals surface area contributed by atoms with Gasteiger partial charge in [0.15, 0.2) is 5.60 Å². The Labute approximate surface area is 184 Å². The second-order valence-electron chi connectivity index (χ2n) is 9.06. The number of pyridine rings is 1. The summed E-state index contributed by atoms with van der Waals surface area (Å²) >= 11 is 0. The second kappa shape index (κ2) is 7.00. The first kappa shape index (κ1) is 19.7. The van der Waals surface area contributed by atoms with Crippen molar-refractivity contribution < 1.29 is 18.3 Å². The Morgan fingerprint density at radius 3 is 2.56 bits per heavy atom. The molecule has 5 heterocycles. The van der Waals surface area contributed by atoms with Crippen LogP contribution in [0.15, 0.2) is 42.6 Å². The van der Waals surface area contributed by atoms with Crippen LogP contribution in [0.5, 0.6) is 0 Å². The number of carbonyl (C=O) groups is 1. The van der Waals surface area contributed by atoms with Gasteiger partial charge in [-0.2, -0.15) is 5.10 Å². The van der Waals surface area contributed by atoms with Gasteiger partial charge in [0.2, 0.25) is 0 Å². The van der Waals surface area contributed by atoms with Crippen molar-refractivity contribution in [1.29, 1.82) is 0 Å². The molecule has 3 saturated heterocycles. The Hall–Kier alpha value is -3.00. The van der Waals surface area contributed by atoms with Crippen LogP contribution in [0.2, 0.25) is 0 Å². The first-order chi connectivity index (χ1) is 15.4. The van der Waals surface area contributed by atoms with E-state index in [1.54, 1.807) is 11.1 Å². The molecule has 0 saturated carbocycles. The fourth-order valence-electron chi connectivity index (χ4n) is 5.62. The molecule has 0 N–H and O–H groups in total. The Morgan fingerprint density at radius 1 is 1.06 bits per heavy atom. The number of nitrogens with zero attached hydrogens (tertiary/aromatic N) is 4. The number of aryl methyl sites for hydroxylation is 1. The number of aromatic nitrogens is 2. The number of anilines is 1. The molecule has 1 amide bonds. The zero-order chi connectivity index (χ0) is 22.0. The van der Waals surface area contributed by atoms with Gasteiger partial charge in [-0.05, 0) is 55.2 Å². The Morgan fingerprint density at radius 2 is 1.81 bits per heavy atom. The average Bonchev–Trinajstić information content (AvgIpc) is 3.46. The summed E-state index contributed by atoms with van der Waals surface area (Å²) in [6, 6.07) is 9.31. The Balaban J connectivity index is 1.24. The summed E-state index contributed by atoms with van der Waals surface area (Å²) < 4.78 is 35.9. The summed E-state index contributed by atoms with van der Waals surface area (Å²) in [5.74, 6) is -0.295. The van der Waals surface area contributed by atoms with Crippen LogP contribution >= 0.6 is 0 Å². The van der Waals surface area contributed by atoms with E-state index in [9.17, 15) is 13.6 Å². The minimum absolute atomic E-state index is 0.0533. The summed E-state index contributed by atoms with van der Waals surface area (Å²) in [6.45, 7) is 3.40. The maximum atomic E-state index is 13.8. The smallest absolute Gasteiger partial charge is 0.257 e. The molecule has 6 nitrogen and oxygen atoms in total. The number of amides is 1. The van der Waals surface area contributed by atoms with Gasteiger partial charge in [0.25, 0.3) is 5.91 Å². The number of hydrogen-bond acceptors (Lipinski definition) is 4. The normalized spacial score (nSPS) is 24.7. The highest BCUT2D eigenvalue weighted by atomic mass is 19.1. The molecule has 0 aliphatic carbocycles. The van der Waals surface area contributed by atoms with Crippen molar-refractivity contribution >= 4 is 17.2 Å². The average molecular weight is 438 g/mol. The molecule has 166 valence electrons. The summed E-state index contributed by atoms with van der Waals surface area (Å²) in [6.07, 6.45) is 3.92. The lowest BCUT2D eigenvalue weighted by molar-refractivity contribution is -0.140. The van der Waals surface area contributed by atoms with Crippen LogP contribution in [0.4, 0.5) is 14.6 Å². The van der Waals surface area contributed by atoms with E-state index in [1.807, 2.05) is 10.6 Å². The summed E-state index contributed by atoms with van der Waals surface area (Å²) in [4.78, 5) is 17.5. The monoisotopic (exact) mass is 438 g/mol. The molecular weight excluding hydrogens is 414 g/mol. The van der Waals surface area contributed by atoms with Crippen LogP contribution in [0.1, 0.15) is 42.9 Å². The molecule has 0 bridgehead atoms. The first-order valence-corrected chi connectivity index (χ1v) is 11.1. The zero-order valence-corrected chi connectivity index (χ0v) is 17.8. The fourth-order valence-corrected chi connectivity index (χ4v) is 5.62. The minimum atomic E-state index is -0.861. The van der Waals surface area contributed by atoms with Gasteiger partial charge in [0.05, 0.1) is 17.8 Å². The quantitative estimate of drug-likeness (QED) is 0.607. The molecule has 2 aromatic heterocycles. The van der Waals surface area contributed by atoms with Gasteiger partial charge in [-0.3, -0.25) is 4.79 Å². The predicted molar refractivity (Wildman–Crippen MR) is 114 cm³/mol. The van der Waals surface area contributed by atoms with Gasteiger partial charge < -0.3 is 14.5 Å². The molecule has 2 atom stereocenters. The molecular formula is C24H24F2N4O2. The van der Waals surface area contributed by atoms with E-state index in [0.717, 1.165) is 23.0 Å². The number of ether oxygens (including phenoxy) is 1. The van der Waals surface area contributed by atoms with Crippen molar-refractivity contribution in [1.82, 2.24) is 14.5 Å². The molecule has 32 heavy (non-hydrogen) atoms. The molecule has 3 fully saturated rings. The fraction of sp³-hybridized carbons (Fsp3) is 0.417. The Kier molecular flexibility index (Phi) is 4.30. The van der Waals surface area contributed by atoms with Gasteiger partial charge in [-0.1, -0.05) is 6.07 Å². The summed E-state index contributed by atoms with van der Waals surface area (Å²) in [5, 5.41) is 4.47. The highest BCUT2D eigenvalue weighted by molar-refractivity contribution is 5.88. The van der Waals surface area contributed by atoms with E-state index >= 15 is 0 Å². The largest absolute Gasteiger partial charge is 0.356 e. The van der Waals surface area contributed by atoms with E-state index < -0.39 is 17.2 Å². The number of hydrogen-bond donors (Lipinski definition) is 0. The first-order valence-electron chi connectivity index (χ1n) is 11.1. The van der Waals surface area contributed by atoms with Gasteiger partial charge >= 0.3 is 0 Å². The van der Waals surface area contributed by atoms with Crippen LogP contribution in [-0.4, -0.2) is 45.3 Å². The minimum Gasteiger partial charge on any atom is -0.356 e.